The number of benzene rings is 2. The Labute approximate surface area is 197 Å². The minimum atomic E-state index is -0.413. The summed E-state index contributed by atoms with van der Waals surface area (Å²) >= 11 is 0.913. The second-order valence-electron chi connectivity index (χ2n) is 7.10. The van der Waals surface area contributed by atoms with Crippen LogP contribution in [0.3, 0.4) is 0 Å². The molecule has 3 rings (SSSR count). The van der Waals surface area contributed by atoms with Crippen LogP contribution < -0.4 is 25.8 Å². The van der Waals surface area contributed by atoms with Gasteiger partial charge in [0.1, 0.15) is 4.88 Å². The molecule has 0 saturated heterocycles. The first-order chi connectivity index (χ1) is 16.0. The van der Waals surface area contributed by atoms with Gasteiger partial charge >= 0.3 is 0 Å². The molecule has 174 valence electrons. The van der Waals surface area contributed by atoms with E-state index in [1.165, 1.54) is 0 Å². The van der Waals surface area contributed by atoms with Gasteiger partial charge in [-0.2, -0.15) is 4.37 Å². The Bertz CT molecular complexity index is 1090. The number of nitrogens with zero attached hydrogens (tertiary/aromatic N) is 1. The number of aromatic nitrogens is 1. The van der Waals surface area contributed by atoms with E-state index in [1.807, 2.05) is 62.4 Å². The van der Waals surface area contributed by atoms with Crippen molar-refractivity contribution in [1.82, 2.24) is 15.0 Å². The summed E-state index contributed by atoms with van der Waals surface area (Å²) in [6.45, 7) is 5.67. The van der Waals surface area contributed by atoms with Gasteiger partial charge in [0.2, 0.25) is 0 Å². The lowest BCUT2D eigenvalue weighted by atomic mass is 10.1. The highest BCUT2D eigenvalue weighted by Gasteiger charge is 2.21. The van der Waals surface area contributed by atoms with E-state index in [0.717, 1.165) is 22.7 Å². The van der Waals surface area contributed by atoms with E-state index in [1.54, 1.807) is 0 Å². The number of ether oxygens (including phenoxy) is 2. The normalized spacial score (nSPS) is 10.5. The summed E-state index contributed by atoms with van der Waals surface area (Å²) in [6.07, 6.45) is 0.599. The molecule has 3 aromatic rings. The molecule has 0 atom stereocenters. The Kier molecular flexibility index (Phi) is 8.65. The van der Waals surface area contributed by atoms with Crippen LogP contribution >= 0.6 is 11.5 Å². The van der Waals surface area contributed by atoms with Crippen LogP contribution in [0.5, 0.6) is 11.5 Å². The number of nitrogen functional groups attached to an aromatic ring is 1. The average Bonchev–Trinajstić information content (AvgIpc) is 3.21. The van der Waals surface area contributed by atoms with Gasteiger partial charge in [0, 0.05) is 13.1 Å². The minimum Gasteiger partial charge on any atom is -0.490 e. The third kappa shape index (κ3) is 6.45. The van der Waals surface area contributed by atoms with Crippen molar-refractivity contribution in [2.45, 2.75) is 26.8 Å². The van der Waals surface area contributed by atoms with E-state index in [4.69, 9.17) is 15.2 Å². The van der Waals surface area contributed by atoms with Crippen molar-refractivity contribution in [3.63, 3.8) is 0 Å². The monoisotopic (exact) mass is 468 g/mol. The molecule has 2 amide bonds. The van der Waals surface area contributed by atoms with Crippen molar-refractivity contribution >= 4 is 29.0 Å². The van der Waals surface area contributed by atoms with Gasteiger partial charge in [-0.15, -0.1) is 0 Å². The van der Waals surface area contributed by atoms with E-state index in [-0.39, 0.29) is 22.2 Å². The molecule has 0 radical (unpaired) electrons. The molecule has 2 aromatic carbocycles. The molecule has 9 heteroatoms. The second-order valence-corrected chi connectivity index (χ2v) is 7.87. The van der Waals surface area contributed by atoms with Crippen molar-refractivity contribution in [2.24, 2.45) is 0 Å². The number of carbonyl (C=O) groups is 2. The van der Waals surface area contributed by atoms with Gasteiger partial charge in [0.05, 0.1) is 18.9 Å². The highest BCUT2D eigenvalue weighted by atomic mass is 32.1. The lowest BCUT2D eigenvalue weighted by Gasteiger charge is -2.12. The van der Waals surface area contributed by atoms with Crippen LogP contribution in [-0.4, -0.2) is 35.9 Å². The van der Waals surface area contributed by atoms with Crippen LogP contribution in [0.15, 0.2) is 48.5 Å². The van der Waals surface area contributed by atoms with Gasteiger partial charge in [-0.3, -0.25) is 9.59 Å². The van der Waals surface area contributed by atoms with E-state index in [0.29, 0.717) is 44.2 Å². The number of nitrogens with two attached hydrogens (primary N) is 1. The second kappa shape index (κ2) is 11.9. The molecule has 0 aliphatic heterocycles. The molecule has 0 aliphatic carbocycles. The Morgan fingerprint density at radius 3 is 2.39 bits per heavy atom. The summed E-state index contributed by atoms with van der Waals surface area (Å²) in [6, 6.07) is 15.2. The van der Waals surface area contributed by atoms with E-state index in [9.17, 15) is 9.59 Å². The van der Waals surface area contributed by atoms with Gasteiger partial charge in [0.15, 0.2) is 17.2 Å². The first-order valence-corrected chi connectivity index (χ1v) is 11.5. The van der Waals surface area contributed by atoms with Crippen LogP contribution in [-0.2, 0) is 13.0 Å². The van der Waals surface area contributed by atoms with Gasteiger partial charge in [-0.1, -0.05) is 36.4 Å². The van der Waals surface area contributed by atoms with Crippen LogP contribution in [0.2, 0.25) is 0 Å². The number of hydrogen-bond acceptors (Lipinski definition) is 7. The number of hydrogen-bond donors (Lipinski definition) is 3. The fraction of sp³-hybridized carbons (Fsp3) is 0.292. The zero-order chi connectivity index (χ0) is 23.6. The maximum atomic E-state index is 12.6. The number of amides is 2. The molecular formula is C24H28N4O4S. The zero-order valence-electron chi connectivity index (χ0n) is 18.7. The van der Waals surface area contributed by atoms with Crippen molar-refractivity contribution in [2.75, 3.05) is 25.5 Å². The van der Waals surface area contributed by atoms with Crippen molar-refractivity contribution in [3.05, 3.63) is 70.2 Å². The van der Waals surface area contributed by atoms with Gasteiger partial charge in [-0.25, -0.2) is 0 Å². The minimum absolute atomic E-state index is 0.0638. The van der Waals surface area contributed by atoms with Crippen molar-refractivity contribution in [3.8, 4) is 11.5 Å². The van der Waals surface area contributed by atoms with E-state index < -0.39 is 5.91 Å². The molecule has 0 aliphatic rings. The fourth-order valence-electron chi connectivity index (χ4n) is 3.14. The summed E-state index contributed by atoms with van der Waals surface area (Å²) in [5, 5.41) is 5.61. The molecule has 1 heterocycles. The topological polar surface area (TPSA) is 116 Å². The van der Waals surface area contributed by atoms with Crippen LogP contribution in [0.25, 0.3) is 0 Å². The number of carbonyl (C=O) groups excluding carboxylic acids is 2. The summed E-state index contributed by atoms with van der Waals surface area (Å²) in [4.78, 5) is 25.2. The number of rotatable bonds is 11. The summed E-state index contributed by atoms with van der Waals surface area (Å²) in [5.41, 5.74) is 8.16. The summed E-state index contributed by atoms with van der Waals surface area (Å²) in [7, 11) is 0. The Hall–Kier alpha value is -3.59. The van der Waals surface area contributed by atoms with Crippen LogP contribution in [0, 0.1) is 0 Å². The predicted molar refractivity (Wildman–Crippen MR) is 129 cm³/mol. The lowest BCUT2D eigenvalue weighted by Crippen LogP contribution is -2.27. The van der Waals surface area contributed by atoms with Gasteiger partial charge in [-0.05, 0) is 55.1 Å². The van der Waals surface area contributed by atoms with Crippen LogP contribution in [0.1, 0.15) is 45.1 Å². The third-order valence-corrected chi connectivity index (χ3v) is 5.61. The fourth-order valence-corrected chi connectivity index (χ4v) is 3.85. The Morgan fingerprint density at radius 2 is 1.67 bits per heavy atom. The number of anilines is 1. The maximum Gasteiger partial charge on any atom is 0.273 e. The molecule has 0 fully saturated rings. The predicted octanol–water partition coefficient (Wildman–Crippen LogP) is 3.43. The standard InChI is InChI=1S/C24H28N4O4S/c1-3-31-18-11-10-16(14-19(18)32-4-2)12-13-26-24(30)22-20(25)21(28-33-22)23(29)27-15-17-8-6-5-7-9-17/h5-11,14H,3-4,12-13,15,25H2,1-2H3,(H,26,30)(H,27,29). The van der Waals surface area contributed by atoms with Crippen molar-refractivity contribution < 1.29 is 19.1 Å². The molecule has 0 spiro atoms. The van der Waals surface area contributed by atoms with E-state index in [2.05, 4.69) is 15.0 Å². The van der Waals surface area contributed by atoms with Gasteiger partial charge < -0.3 is 25.8 Å². The molecule has 33 heavy (non-hydrogen) atoms. The maximum absolute atomic E-state index is 12.6. The highest BCUT2D eigenvalue weighted by Crippen LogP contribution is 2.28. The zero-order valence-corrected chi connectivity index (χ0v) is 19.5. The smallest absolute Gasteiger partial charge is 0.273 e. The first-order valence-electron chi connectivity index (χ1n) is 10.8. The Morgan fingerprint density at radius 1 is 0.939 bits per heavy atom. The molecular weight excluding hydrogens is 440 g/mol. The average molecular weight is 469 g/mol. The largest absolute Gasteiger partial charge is 0.490 e. The Balaban J connectivity index is 1.55. The molecule has 0 unspecified atom stereocenters. The summed E-state index contributed by atoms with van der Waals surface area (Å²) in [5.74, 6) is 0.608. The number of nitrogens with one attached hydrogen (secondary N) is 2. The highest BCUT2D eigenvalue weighted by molar-refractivity contribution is 7.09. The third-order valence-electron chi connectivity index (χ3n) is 4.75. The van der Waals surface area contributed by atoms with E-state index >= 15 is 0 Å². The summed E-state index contributed by atoms with van der Waals surface area (Å²) < 4.78 is 15.3. The van der Waals surface area contributed by atoms with Crippen molar-refractivity contribution in [1.29, 1.82) is 0 Å². The lowest BCUT2D eigenvalue weighted by molar-refractivity contribution is 0.0947. The molecule has 4 N–H and O–H groups in total. The van der Waals surface area contributed by atoms with Gasteiger partial charge in [0.25, 0.3) is 11.8 Å². The first kappa shape index (κ1) is 24.1. The molecule has 0 bridgehead atoms. The SMILES string of the molecule is CCOc1ccc(CCNC(=O)c2snc(C(=O)NCc3ccccc3)c2N)cc1OCC. The molecule has 8 nitrogen and oxygen atoms in total. The quantitative estimate of drug-likeness (QED) is 0.397. The molecule has 0 saturated carbocycles. The molecule has 1 aromatic heterocycles. The van der Waals surface area contributed by atoms with Crippen LogP contribution in [0.4, 0.5) is 5.69 Å².